The van der Waals surface area contributed by atoms with Crippen molar-refractivity contribution in [2.45, 2.75) is 11.8 Å². The summed E-state index contributed by atoms with van der Waals surface area (Å²) in [7, 11) is 0. The van der Waals surface area contributed by atoms with Crippen molar-refractivity contribution in [1.29, 1.82) is 0 Å². The summed E-state index contributed by atoms with van der Waals surface area (Å²) in [5, 5.41) is 0.373. The van der Waals surface area contributed by atoms with Crippen molar-refractivity contribution in [2.75, 3.05) is 0 Å². The quantitative estimate of drug-likeness (QED) is 0.688. The lowest BCUT2D eigenvalue weighted by Gasteiger charge is -2.04. The first-order valence-corrected chi connectivity index (χ1v) is 4.30. The molecular weight excluding hydrogens is 195 g/mol. The summed E-state index contributed by atoms with van der Waals surface area (Å²) in [6.45, 7) is 0. The van der Waals surface area contributed by atoms with Crippen molar-refractivity contribution in [3.05, 3.63) is 34.9 Å². The third-order valence-corrected chi connectivity index (χ3v) is 2.15. The Morgan fingerprint density at radius 2 is 1.92 bits per heavy atom. The van der Waals surface area contributed by atoms with Crippen LogP contribution in [0.4, 0.5) is 0 Å². The van der Waals surface area contributed by atoms with Gasteiger partial charge in [-0.25, -0.2) is 0 Å². The molecule has 0 aliphatic carbocycles. The molecule has 0 fully saturated rings. The van der Waals surface area contributed by atoms with E-state index in [2.05, 4.69) is 0 Å². The Balaban J connectivity index is 2.74. The van der Waals surface area contributed by atoms with Crippen LogP contribution in [-0.2, 0) is 4.79 Å². The van der Waals surface area contributed by atoms with Crippen LogP contribution in [0, 0.1) is 0 Å². The molecule has 3 heteroatoms. The summed E-state index contributed by atoms with van der Waals surface area (Å²) in [6, 6.07) is 7.10. The van der Waals surface area contributed by atoms with Crippen LogP contribution in [0.25, 0.3) is 0 Å². The first-order valence-electron chi connectivity index (χ1n) is 3.48. The number of carbonyl (C=O) groups excluding carboxylic acids is 1. The van der Waals surface area contributed by atoms with Crippen LogP contribution >= 0.6 is 23.2 Å². The average molecular weight is 202 g/mol. The summed E-state index contributed by atoms with van der Waals surface area (Å²) in [6.07, 6.45) is 1.98. The van der Waals surface area contributed by atoms with Crippen LogP contribution in [-0.4, -0.2) is 6.29 Å². The van der Waals surface area contributed by atoms with E-state index >= 15 is 0 Å². The molecule has 1 aromatic carbocycles. The molecule has 1 rings (SSSR count). The molecule has 0 bridgehead atoms. The molecule has 63 valence electrons. The second-order valence-electron chi connectivity index (χ2n) is 2.37. The Labute approximate surface area is 81.3 Å². The van der Waals surface area contributed by atoms with E-state index in [1.54, 1.807) is 30.6 Å². The smallest absolute Gasteiger partial charge is 0.200 e. The van der Waals surface area contributed by atoms with Gasteiger partial charge in [-0.3, -0.25) is 4.79 Å². The predicted octanol–water partition coefficient (Wildman–Crippen LogP) is 3.12. The largest absolute Gasteiger partial charge is 0.291 e. The highest BCUT2D eigenvalue weighted by atomic mass is 35.5. The molecule has 1 radical (unpaired) electrons. The van der Waals surface area contributed by atoms with Crippen LogP contribution < -0.4 is 0 Å². The minimum atomic E-state index is -0.292. The minimum absolute atomic E-state index is 0.211. The van der Waals surface area contributed by atoms with Gasteiger partial charge in [-0.05, 0) is 17.7 Å². The number of alkyl halides is 1. The van der Waals surface area contributed by atoms with Gasteiger partial charge >= 0.3 is 0 Å². The van der Waals surface area contributed by atoms with Crippen LogP contribution in [0.15, 0.2) is 24.3 Å². The zero-order chi connectivity index (χ0) is 8.97. The van der Waals surface area contributed by atoms with E-state index < -0.39 is 0 Å². The maximum absolute atomic E-state index is 10.0. The fraction of sp³-hybridized carbons (Fsp3) is 0.222. The van der Waals surface area contributed by atoms with Gasteiger partial charge in [0, 0.05) is 11.4 Å². The van der Waals surface area contributed by atoms with E-state index in [4.69, 9.17) is 23.2 Å². The van der Waals surface area contributed by atoms with Gasteiger partial charge in [-0.2, -0.15) is 0 Å². The molecule has 0 N–H and O–H groups in total. The maximum atomic E-state index is 10.0. The zero-order valence-electron chi connectivity index (χ0n) is 6.26. The first-order chi connectivity index (χ1) is 5.74. The summed E-state index contributed by atoms with van der Waals surface area (Å²) < 4.78 is 0. The fourth-order valence-electron chi connectivity index (χ4n) is 0.863. The molecule has 0 saturated carbocycles. The van der Waals surface area contributed by atoms with Crippen molar-refractivity contribution in [2.24, 2.45) is 0 Å². The Hall–Kier alpha value is -0.530. The molecule has 1 nitrogen and oxygen atoms in total. The van der Waals surface area contributed by atoms with Crippen LogP contribution in [0.2, 0.25) is 5.02 Å². The molecule has 0 amide bonds. The SMILES string of the molecule is O=[C]CC(Cl)c1ccc(Cl)cc1. The molecule has 1 aromatic rings. The van der Waals surface area contributed by atoms with Crippen LogP contribution in [0.3, 0.4) is 0 Å². The lowest BCUT2D eigenvalue weighted by atomic mass is 10.1. The Morgan fingerprint density at radius 3 is 2.42 bits per heavy atom. The molecule has 0 aliphatic heterocycles. The number of rotatable bonds is 3. The topological polar surface area (TPSA) is 17.1 Å². The third kappa shape index (κ3) is 2.50. The summed E-state index contributed by atoms with van der Waals surface area (Å²) in [5.41, 5.74) is 0.893. The highest BCUT2D eigenvalue weighted by Crippen LogP contribution is 2.24. The minimum Gasteiger partial charge on any atom is -0.291 e. The molecule has 12 heavy (non-hydrogen) atoms. The molecule has 0 saturated heterocycles. The van der Waals surface area contributed by atoms with Gasteiger partial charge in [0.15, 0.2) is 6.29 Å². The van der Waals surface area contributed by atoms with Crippen molar-refractivity contribution < 1.29 is 4.79 Å². The van der Waals surface area contributed by atoms with E-state index in [0.29, 0.717) is 5.02 Å². The Kier molecular flexibility index (Phi) is 3.57. The second kappa shape index (κ2) is 4.48. The molecular formula is C9H7Cl2O. The number of hydrogen-bond donors (Lipinski definition) is 0. The van der Waals surface area contributed by atoms with Gasteiger partial charge in [0.1, 0.15) is 0 Å². The van der Waals surface area contributed by atoms with Gasteiger partial charge in [-0.15, -0.1) is 11.6 Å². The lowest BCUT2D eigenvalue weighted by Crippen LogP contribution is -1.90. The van der Waals surface area contributed by atoms with Crippen molar-refractivity contribution in [1.82, 2.24) is 0 Å². The monoisotopic (exact) mass is 201 g/mol. The van der Waals surface area contributed by atoms with E-state index in [9.17, 15) is 4.79 Å². The summed E-state index contributed by atoms with van der Waals surface area (Å²) >= 11 is 11.5. The van der Waals surface area contributed by atoms with Gasteiger partial charge in [0.05, 0.1) is 5.38 Å². The number of benzene rings is 1. The molecule has 0 aromatic heterocycles. The molecule has 0 heterocycles. The molecule has 1 atom stereocenters. The maximum Gasteiger partial charge on any atom is 0.200 e. The summed E-state index contributed by atoms with van der Waals surface area (Å²) in [5.74, 6) is 0. The van der Waals surface area contributed by atoms with E-state index in [1.165, 1.54) is 0 Å². The van der Waals surface area contributed by atoms with E-state index in [0.717, 1.165) is 5.56 Å². The van der Waals surface area contributed by atoms with Gasteiger partial charge in [0.25, 0.3) is 0 Å². The van der Waals surface area contributed by atoms with Crippen molar-refractivity contribution >= 4 is 29.5 Å². The predicted molar refractivity (Wildman–Crippen MR) is 50.4 cm³/mol. The van der Waals surface area contributed by atoms with Gasteiger partial charge in [-0.1, -0.05) is 23.7 Å². The van der Waals surface area contributed by atoms with Gasteiger partial charge < -0.3 is 0 Å². The second-order valence-corrected chi connectivity index (χ2v) is 3.33. The van der Waals surface area contributed by atoms with E-state index in [1.807, 2.05) is 0 Å². The Morgan fingerprint density at radius 1 is 1.33 bits per heavy atom. The molecule has 0 spiro atoms. The summed E-state index contributed by atoms with van der Waals surface area (Å²) in [4.78, 5) is 10.0. The molecule has 0 aliphatic rings. The highest BCUT2D eigenvalue weighted by Gasteiger charge is 2.06. The van der Waals surface area contributed by atoms with E-state index in [-0.39, 0.29) is 11.8 Å². The lowest BCUT2D eigenvalue weighted by molar-refractivity contribution is 0.550. The van der Waals surface area contributed by atoms with Gasteiger partial charge in [0.2, 0.25) is 0 Å². The average Bonchev–Trinajstić information content (AvgIpc) is 2.06. The standard InChI is InChI=1S/C9H7Cl2O/c10-8-3-1-7(2-4-8)9(11)5-6-12/h1-4,9H,5H2. The third-order valence-electron chi connectivity index (χ3n) is 1.49. The fourth-order valence-corrected chi connectivity index (χ4v) is 1.20. The van der Waals surface area contributed by atoms with Crippen LogP contribution in [0.1, 0.15) is 17.4 Å². The van der Waals surface area contributed by atoms with Crippen molar-refractivity contribution in [3.63, 3.8) is 0 Å². The Bertz CT molecular complexity index is 256. The normalized spacial score (nSPS) is 12.5. The number of hydrogen-bond acceptors (Lipinski definition) is 1. The van der Waals surface area contributed by atoms with Crippen LogP contribution in [0.5, 0.6) is 0 Å². The first kappa shape index (κ1) is 9.56. The number of halogens is 2. The highest BCUT2D eigenvalue weighted by molar-refractivity contribution is 6.30. The molecule has 1 unspecified atom stereocenters. The zero-order valence-corrected chi connectivity index (χ0v) is 7.77. The van der Waals surface area contributed by atoms with Crippen molar-refractivity contribution in [3.8, 4) is 0 Å².